The van der Waals surface area contributed by atoms with Crippen molar-refractivity contribution in [1.29, 1.82) is 5.26 Å². The number of halogens is 1. The molecule has 1 aromatic carbocycles. The largest absolute Gasteiger partial charge is 0.477 e. The standard InChI is InChI=1S/C10H7ClN2O2/c11-8-3-1-2-4-9(8)13-6-7(5-12)10(14)15/h1-4,6,13H,(H,14,15). The summed E-state index contributed by atoms with van der Waals surface area (Å²) in [5.74, 6) is -1.28. The van der Waals surface area contributed by atoms with E-state index in [9.17, 15) is 4.79 Å². The number of carboxylic acids is 1. The molecule has 0 aliphatic rings. The number of rotatable bonds is 3. The van der Waals surface area contributed by atoms with Gasteiger partial charge in [-0.15, -0.1) is 0 Å². The maximum atomic E-state index is 10.5. The SMILES string of the molecule is N#CC(=CNc1ccccc1Cl)C(=O)O. The summed E-state index contributed by atoms with van der Waals surface area (Å²) in [6.45, 7) is 0. The fourth-order valence-electron chi connectivity index (χ4n) is 0.870. The molecule has 4 nitrogen and oxygen atoms in total. The smallest absolute Gasteiger partial charge is 0.347 e. The van der Waals surface area contributed by atoms with Crippen LogP contribution < -0.4 is 5.32 Å². The second-order valence-electron chi connectivity index (χ2n) is 2.60. The fraction of sp³-hybridized carbons (Fsp3) is 0. The number of benzene rings is 1. The third-order valence-corrected chi connectivity index (χ3v) is 1.93. The van der Waals surface area contributed by atoms with E-state index in [1.807, 2.05) is 0 Å². The van der Waals surface area contributed by atoms with Crippen LogP contribution in [0.25, 0.3) is 0 Å². The summed E-state index contributed by atoms with van der Waals surface area (Å²) >= 11 is 5.81. The Balaban J connectivity index is 2.85. The number of nitrogens with one attached hydrogen (secondary N) is 1. The highest BCUT2D eigenvalue weighted by Gasteiger charge is 2.05. The molecule has 0 atom stereocenters. The molecular formula is C10H7ClN2O2. The topological polar surface area (TPSA) is 73.1 Å². The average molecular weight is 223 g/mol. The first-order valence-corrected chi connectivity index (χ1v) is 4.37. The molecule has 0 bridgehead atoms. The maximum absolute atomic E-state index is 10.5. The van der Waals surface area contributed by atoms with Crippen LogP contribution in [0.5, 0.6) is 0 Å². The first-order chi connectivity index (χ1) is 7.15. The molecule has 0 fully saturated rings. The first kappa shape index (κ1) is 11.1. The normalized spacial score (nSPS) is 10.5. The van der Waals surface area contributed by atoms with E-state index in [2.05, 4.69) is 5.32 Å². The van der Waals surface area contributed by atoms with Crippen molar-refractivity contribution >= 4 is 23.3 Å². The second kappa shape index (κ2) is 5.03. The summed E-state index contributed by atoms with van der Waals surface area (Å²) in [6, 6.07) is 8.38. The minimum Gasteiger partial charge on any atom is -0.477 e. The van der Waals surface area contributed by atoms with Crippen molar-refractivity contribution in [1.82, 2.24) is 0 Å². The summed E-state index contributed by atoms with van der Waals surface area (Å²) in [5, 5.41) is 20.1. The Morgan fingerprint density at radius 3 is 2.73 bits per heavy atom. The second-order valence-corrected chi connectivity index (χ2v) is 3.01. The number of hydrogen-bond donors (Lipinski definition) is 2. The summed E-state index contributed by atoms with van der Waals surface area (Å²) in [7, 11) is 0. The van der Waals surface area contributed by atoms with E-state index in [-0.39, 0.29) is 5.57 Å². The van der Waals surface area contributed by atoms with Crippen molar-refractivity contribution in [3.05, 3.63) is 41.1 Å². The predicted molar refractivity (Wildman–Crippen MR) is 56.4 cm³/mol. The van der Waals surface area contributed by atoms with E-state index >= 15 is 0 Å². The lowest BCUT2D eigenvalue weighted by atomic mass is 10.3. The number of para-hydroxylation sites is 1. The van der Waals surface area contributed by atoms with Crippen LogP contribution in [-0.2, 0) is 4.79 Å². The molecule has 15 heavy (non-hydrogen) atoms. The van der Waals surface area contributed by atoms with Gasteiger partial charge < -0.3 is 10.4 Å². The zero-order valence-electron chi connectivity index (χ0n) is 7.57. The van der Waals surface area contributed by atoms with Gasteiger partial charge in [-0.1, -0.05) is 23.7 Å². The number of nitriles is 1. The van der Waals surface area contributed by atoms with Crippen LogP contribution in [0.15, 0.2) is 36.0 Å². The van der Waals surface area contributed by atoms with Crippen molar-refractivity contribution in [3.63, 3.8) is 0 Å². The number of anilines is 1. The van der Waals surface area contributed by atoms with Gasteiger partial charge in [0.1, 0.15) is 6.07 Å². The maximum Gasteiger partial charge on any atom is 0.347 e. The van der Waals surface area contributed by atoms with E-state index in [1.54, 1.807) is 30.3 Å². The third kappa shape index (κ3) is 3.01. The summed E-state index contributed by atoms with van der Waals surface area (Å²) in [6.07, 6.45) is 1.10. The van der Waals surface area contributed by atoms with Crippen LogP contribution in [0.1, 0.15) is 0 Å². The van der Waals surface area contributed by atoms with Crippen LogP contribution in [0, 0.1) is 11.3 Å². The van der Waals surface area contributed by atoms with Crippen molar-refractivity contribution < 1.29 is 9.90 Å². The molecule has 2 N–H and O–H groups in total. The van der Waals surface area contributed by atoms with Gasteiger partial charge in [0.05, 0.1) is 10.7 Å². The number of nitrogens with zero attached hydrogens (tertiary/aromatic N) is 1. The molecule has 76 valence electrons. The Hall–Kier alpha value is -1.99. The summed E-state index contributed by atoms with van der Waals surface area (Å²) in [4.78, 5) is 10.5. The Kier molecular flexibility index (Phi) is 3.72. The molecule has 0 aliphatic carbocycles. The highest BCUT2D eigenvalue weighted by Crippen LogP contribution is 2.20. The number of hydrogen-bond acceptors (Lipinski definition) is 3. The van der Waals surface area contributed by atoms with E-state index in [4.69, 9.17) is 22.0 Å². The van der Waals surface area contributed by atoms with Crippen LogP contribution in [0.2, 0.25) is 5.02 Å². The molecule has 0 aromatic heterocycles. The number of carboxylic acid groups (broad SMARTS) is 1. The van der Waals surface area contributed by atoms with E-state index in [0.717, 1.165) is 6.20 Å². The van der Waals surface area contributed by atoms with Gasteiger partial charge in [-0.25, -0.2) is 4.79 Å². The van der Waals surface area contributed by atoms with E-state index in [1.165, 1.54) is 0 Å². The molecule has 0 aliphatic heterocycles. The Bertz CT molecular complexity index is 449. The first-order valence-electron chi connectivity index (χ1n) is 4.00. The molecule has 0 amide bonds. The zero-order chi connectivity index (χ0) is 11.3. The molecular weight excluding hydrogens is 216 g/mol. The van der Waals surface area contributed by atoms with Gasteiger partial charge in [-0.3, -0.25) is 0 Å². The van der Waals surface area contributed by atoms with Gasteiger partial charge in [0.15, 0.2) is 5.57 Å². The van der Waals surface area contributed by atoms with Crippen LogP contribution in [0.3, 0.4) is 0 Å². The number of carbonyl (C=O) groups is 1. The van der Waals surface area contributed by atoms with Gasteiger partial charge in [-0.2, -0.15) is 5.26 Å². The van der Waals surface area contributed by atoms with Crippen molar-refractivity contribution in [2.75, 3.05) is 5.32 Å². The summed E-state index contributed by atoms with van der Waals surface area (Å²) < 4.78 is 0. The van der Waals surface area contributed by atoms with Gasteiger partial charge >= 0.3 is 5.97 Å². The van der Waals surface area contributed by atoms with Crippen molar-refractivity contribution in [2.24, 2.45) is 0 Å². The molecule has 0 radical (unpaired) electrons. The molecule has 0 spiro atoms. The van der Waals surface area contributed by atoms with E-state index < -0.39 is 5.97 Å². The molecule has 0 unspecified atom stereocenters. The van der Waals surface area contributed by atoms with Gasteiger partial charge in [0.25, 0.3) is 0 Å². The molecule has 0 heterocycles. The lowest BCUT2D eigenvalue weighted by molar-refractivity contribution is -0.132. The number of aliphatic carboxylic acids is 1. The van der Waals surface area contributed by atoms with E-state index in [0.29, 0.717) is 10.7 Å². The lowest BCUT2D eigenvalue weighted by Crippen LogP contribution is -2.01. The predicted octanol–water partition coefficient (Wildman–Crippen LogP) is 2.24. The molecule has 0 saturated carbocycles. The fourth-order valence-corrected chi connectivity index (χ4v) is 1.06. The molecule has 0 saturated heterocycles. The van der Waals surface area contributed by atoms with Gasteiger partial charge in [-0.05, 0) is 12.1 Å². The highest BCUT2D eigenvalue weighted by molar-refractivity contribution is 6.33. The minimum atomic E-state index is -1.28. The van der Waals surface area contributed by atoms with Crippen molar-refractivity contribution in [2.45, 2.75) is 0 Å². The zero-order valence-corrected chi connectivity index (χ0v) is 8.32. The quantitative estimate of drug-likeness (QED) is 0.608. The summed E-state index contributed by atoms with van der Waals surface area (Å²) in [5.41, 5.74) is 0.170. The van der Waals surface area contributed by atoms with Crippen molar-refractivity contribution in [3.8, 4) is 6.07 Å². The lowest BCUT2D eigenvalue weighted by Gasteiger charge is -2.02. The Morgan fingerprint density at radius 2 is 2.20 bits per heavy atom. The van der Waals surface area contributed by atoms with Crippen LogP contribution >= 0.6 is 11.6 Å². The van der Waals surface area contributed by atoms with Crippen LogP contribution in [-0.4, -0.2) is 11.1 Å². The molecule has 5 heteroatoms. The highest BCUT2D eigenvalue weighted by atomic mass is 35.5. The average Bonchev–Trinajstić information content (AvgIpc) is 2.21. The van der Waals surface area contributed by atoms with Crippen LogP contribution in [0.4, 0.5) is 5.69 Å². The molecule has 1 aromatic rings. The Labute approximate surface area is 91.4 Å². The van der Waals surface area contributed by atoms with Gasteiger partial charge in [0, 0.05) is 6.20 Å². The Morgan fingerprint density at radius 1 is 1.53 bits per heavy atom. The van der Waals surface area contributed by atoms with Gasteiger partial charge in [0.2, 0.25) is 0 Å². The third-order valence-electron chi connectivity index (χ3n) is 1.60. The minimum absolute atomic E-state index is 0.380. The molecule has 1 rings (SSSR count). The monoisotopic (exact) mass is 222 g/mol.